The van der Waals surface area contributed by atoms with E-state index in [1.165, 1.54) is 39.2 Å². The van der Waals surface area contributed by atoms with Crippen molar-refractivity contribution in [2.75, 3.05) is 6.61 Å². The molecule has 1 saturated heterocycles. The second kappa shape index (κ2) is 12.6. The maximum atomic E-state index is 11.8. The van der Waals surface area contributed by atoms with E-state index in [2.05, 4.69) is 6.58 Å². The molecule has 0 radical (unpaired) electrons. The van der Waals surface area contributed by atoms with Crippen LogP contribution in [-0.2, 0) is 49.4 Å². The van der Waals surface area contributed by atoms with Crippen molar-refractivity contribution in [1.29, 1.82) is 0 Å². The van der Waals surface area contributed by atoms with Crippen molar-refractivity contribution in [3.8, 4) is 0 Å². The summed E-state index contributed by atoms with van der Waals surface area (Å²) in [4.78, 5) is 35.3. The van der Waals surface area contributed by atoms with Crippen molar-refractivity contribution in [2.45, 2.75) is 58.1 Å². The molecule has 0 N–H and O–H groups in total. The van der Waals surface area contributed by atoms with Crippen LogP contribution in [-0.4, -0.2) is 55.2 Å². The zero-order chi connectivity index (χ0) is 23.5. The monoisotopic (exact) mass is 448 g/mol. The van der Waals surface area contributed by atoms with Crippen molar-refractivity contribution in [3.05, 3.63) is 60.9 Å². The molecule has 174 valence electrons. The quantitative estimate of drug-likeness (QED) is 0.231. The summed E-state index contributed by atoms with van der Waals surface area (Å²) in [7, 11) is 0. The first-order valence-corrected chi connectivity index (χ1v) is 10.0. The predicted octanol–water partition coefficient (Wildman–Crippen LogP) is 2.44. The van der Waals surface area contributed by atoms with Gasteiger partial charge in [0.1, 0.15) is 6.10 Å². The third kappa shape index (κ3) is 7.82. The lowest BCUT2D eigenvalue weighted by molar-refractivity contribution is -0.298. The second-order valence-corrected chi connectivity index (χ2v) is 6.97. The van der Waals surface area contributed by atoms with Crippen LogP contribution in [0.2, 0.25) is 0 Å². The van der Waals surface area contributed by atoms with E-state index in [-0.39, 0.29) is 13.2 Å². The molecule has 0 aliphatic carbocycles. The highest BCUT2D eigenvalue weighted by atomic mass is 16.7. The predicted molar refractivity (Wildman–Crippen MR) is 112 cm³/mol. The summed E-state index contributed by atoms with van der Waals surface area (Å²) in [5, 5.41) is 0. The molecular weight excluding hydrogens is 420 g/mol. The van der Waals surface area contributed by atoms with Crippen LogP contribution >= 0.6 is 0 Å². The summed E-state index contributed by atoms with van der Waals surface area (Å²) < 4.78 is 33.4. The Morgan fingerprint density at radius 1 is 0.938 bits per heavy atom. The lowest BCUT2D eigenvalue weighted by Gasteiger charge is -2.43. The molecule has 5 atom stereocenters. The van der Waals surface area contributed by atoms with Crippen LogP contribution in [0.5, 0.6) is 0 Å². The molecule has 2 rings (SSSR count). The number of rotatable bonds is 10. The molecule has 0 saturated carbocycles. The van der Waals surface area contributed by atoms with Gasteiger partial charge in [-0.2, -0.15) is 0 Å². The maximum absolute atomic E-state index is 11.8. The van der Waals surface area contributed by atoms with E-state index >= 15 is 0 Å². The van der Waals surface area contributed by atoms with E-state index < -0.39 is 48.6 Å². The highest BCUT2D eigenvalue weighted by Gasteiger charge is 2.52. The van der Waals surface area contributed by atoms with Crippen molar-refractivity contribution >= 4 is 17.9 Å². The van der Waals surface area contributed by atoms with Crippen molar-refractivity contribution in [2.24, 2.45) is 0 Å². The van der Waals surface area contributed by atoms with Crippen LogP contribution in [0.3, 0.4) is 0 Å². The molecule has 0 aromatic heterocycles. The van der Waals surface area contributed by atoms with Gasteiger partial charge in [-0.1, -0.05) is 43.0 Å². The molecule has 0 unspecified atom stereocenters. The van der Waals surface area contributed by atoms with Crippen LogP contribution in [0.1, 0.15) is 26.3 Å². The average Bonchev–Trinajstić information content (AvgIpc) is 2.72. The largest absolute Gasteiger partial charge is 0.468 e. The van der Waals surface area contributed by atoms with Crippen molar-refractivity contribution in [1.82, 2.24) is 0 Å². The van der Waals surface area contributed by atoms with Crippen LogP contribution in [0.25, 0.3) is 0 Å². The average molecular weight is 448 g/mol. The smallest absolute Gasteiger partial charge is 0.303 e. The van der Waals surface area contributed by atoms with Gasteiger partial charge in [-0.25, -0.2) is 0 Å². The summed E-state index contributed by atoms with van der Waals surface area (Å²) in [6, 6.07) is 9.45. The van der Waals surface area contributed by atoms with Gasteiger partial charge in [0, 0.05) is 20.8 Å². The lowest BCUT2D eigenvalue weighted by Crippen LogP contribution is -2.62. The number of esters is 3. The van der Waals surface area contributed by atoms with Gasteiger partial charge >= 0.3 is 17.9 Å². The summed E-state index contributed by atoms with van der Waals surface area (Å²) >= 11 is 0. The molecule has 9 heteroatoms. The van der Waals surface area contributed by atoms with Crippen LogP contribution in [0, 0.1) is 0 Å². The Kier molecular flexibility index (Phi) is 9.90. The molecule has 1 aliphatic rings. The van der Waals surface area contributed by atoms with E-state index in [0.29, 0.717) is 0 Å². The van der Waals surface area contributed by atoms with Gasteiger partial charge in [-0.15, -0.1) is 0 Å². The van der Waals surface area contributed by atoms with Gasteiger partial charge in [0.25, 0.3) is 0 Å². The third-order valence-corrected chi connectivity index (χ3v) is 4.32. The summed E-state index contributed by atoms with van der Waals surface area (Å²) in [6.45, 7) is 7.42. The number of carbonyl (C=O) groups excluding carboxylic acids is 3. The standard InChI is InChI=1S/C23H28O9/c1-5-6-12-28-23-22(31-17(4)26)21(30-16(3)25)20(29-15(2)24)19(32-23)14-27-13-18-10-8-7-9-11-18/h5-12,19-23H,1,13-14H2,2-4H3/b12-6+/t19-,20-,21+,22-,23+/m1/s1. The molecule has 1 aromatic carbocycles. The topological polar surface area (TPSA) is 107 Å². The zero-order valence-electron chi connectivity index (χ0n) is 18.3. The van der Waals surface area contributed by atoms with E-state index in [0.717, 1.165) is 5.56 Å². The van der Waals surface area contributed by atoms with Crippen LogP contribution < -0.4 is 0 Å². The first kappa shape index (κ1) is 25.1. The first-order chi connectivity index (χ1) is 15.3. The number of hydrogen-bond donors (Lipinski definition) is 0. The van der Waals surface area contributed by atoms with Gasteiger partial charge in [-0.05, 0) is 11.6 Å². The number of allylic oxidation sites excluding steroid dienone is 2. The van der Waals surface area contributed by atoms with Crippen molar-refractivity contribution in [3.63, 3.8) is 0 Å². The van der Waals surface area contributed by atoms with Crippen molar-refractivity contribution < 1.29 is 42.8 Å². The fourth-order valence-electron chi connectivity index (χ4n) is 3.14. The van der Waals surface area contributed by atoms with E-state index in [9.17, 15) is 14.4 Å². The Morgan fingerprint density at radius 2 is 1.53 bits per heavy atom. The highest BCUT2D eigenvalue weighted by molar-refractivity contribution is 5.68. The van der Waals surface area contributed by atoms with Crippen LogP contribution in [0.4, 0.5) is 0 Å². The number of benzene rings is 1. The van der Waals surface area contributed by atoms with Crippen LogP contribution in [0.15, 0.2) is 55.3 Å². The minimum atomic E-state index is -1.19. The molecule has 1 aliphatic heterocycles. The Hall–Kier alpha value is -3.17. The van der Waals surface area contributed by atoms with Gasteiger partial charge in [0.05, 0.1) is 19.5 Å². The highest BCUT2D eigenvalue weighted by Crippen LogP contribution is 2.30. The zero-order valence-corrected chi connectivity index (χ0v) is 18.3. The molecule has 32 heavy (non-hydrogen) atoms. The Morgan fingerprint density at radius 3 is 2.12 bits per heavy atom. The second-order valence-electron chi connectivity index (χ2n) is 6.97. The van der Waals surface area contributed by atoms with E-state index in [4.69, 9.17) is 28.4 Å². The Balaban J connectivity index is 2.29. The molecule has 1 aromatic rings. The number of carbonyl (C=O) groups is 3. The van der Waals surface area contributed by atoms with Gasteiger partial charge in [-0.3, -0.25) is 14.4 Å². The number of hydrogen-bond acceptors (Lipinski definition) is 9. The SMILES string of the molecule is C=C/C=C/O[C@H]1O[C@H](COCc2ccccc2)[C@@H](OC(C)=O)[C@H](OC(C)=O)[C@H]1OC(C)=O. The fraction of sp³-hybridized carbons (Fsp3) is 0.435. The summed E-state index contributed by atoms with van der Waals surface area (Å²) in [5.74, 6) is -1.94. The first-order valence-electron chi connectivity index (χ1n) is 10.0. The summed E-state index contributed by atoms with van der Waals surface area (Å²) in [6.07, 6.45) is -1.21. The Labute approximate surface area is 186 Å². The summed E-state index contributed by atoms with van der Waals surface area (Å²) in [5.41, 5.74) is 0.934. The minimum absolute atomic E-state index is 0.0115. The van der Waals surface area contributed by atoms with E-state index in [1.54, 1.807) is 0 Å². The lowest BCUT2D eigenvalue weighted by atomic mass is 9.98. The van der Waals surface area contributed by atoms with Gasteiger partial charge < -0.3 is 28.4 Å². The maximum Gasteiger partial charge on any atom is 0.303 e. The molecule has 9 nitrogen and oxygen atoms in total. The molecule has 0 bridgehead atoms. The Bertz CT molecular complexity index is 805. The van der Waals surface area contributed by atoms with E-state index in [1.807, 2.05) is 30.3 Å². The normalized spacial score (nSPS) is 25.0. The molecule has 0 amide bonds. The fourth-order valence-corrected chi connectivity index (χ4v) is 3.14. The molecule has 1 heterocycles. The van der Waals surface area contributed by atoms with Gasteiger partial charge in [0.2, 0.25) is 12.4 Å². The minimum Gasteiger partial charge on any atom is -0.468 e. The molecular formula is C23H28O9. The number of ether oxygens (including phenoxy) is 6. The molecule has 1 fully saturated rings. The third-order valence-electron chi connectivity index (χ3n) is 4.32. The molecule has 0 spiro atoms. The van der Waals surface area contributed by atoms with Gasteiger partial charge in [0.15, 0.2) is 12.2 Å².